The van der Waals surface area contributed by atoms with Gasteiger partial charge in [0.15, 0.2) is 9.84 Å². The highest BCUT2D eigenvalue weighted by Gasteiger charge is 2.34. The molecule has 3 rings (SSSR count). The Morgan fingerprint density at radius 2 is 2.22 bits per heavy atom. The third-order valence-electron chi connectivity index (χ3n) is 3.53. The van der Waals surface area contributed by atoms with Crippen LogP contribution in [0.2, 0.25) is 0 Å². The van der Waals surface area contributed by atoms with Gasteiger partial charge in [0.2, 0.25) is 0 Å². The number of hydrogen-bond acceptors (Lipinski definition) is 5. The molecule has 0 spiro atoms. The SMILES string of the molecule is Nc1ccc2c(c1)N(C1CCS(=O)(=O)C1)CCS2. The van der Waals surface area contributed by atoms with E-state index in [-0.39, 0.29) is 11.8 Å². The molecule has 0 aliphatic carbocycles. The summed E-state index contributed by atoms with van der Waals surface area (Å²) in [5.41, 5.74) is 7.68. The summed E-state index contributed by atoms with van der Waals surface area (Å²) >= 11 is 1.81. The van der Waals surface area contributed by atoms with E-state index < -0.39 is 9.84 Å². The van der Waals surface area contributed by atoms with Crippen LogP contribution in [-0.2, 0) is 9.84 Å². The van der Waals surface area contributed by atoms with Crippen LogP contribution < -0.4 is 10.6 Å². The van der Waals surface area contributed by atoms with Crippen molar-refractivity contribution in [3.05, 3.63) is 18.2 Å². The molecule has 1 fully saturated rings. The molecule has 1 aromatic rings. The monoisotopic (exact) mass is 284 g/mol. The lowest BCUT2D eigenvalue weighted by Gasteiger charge is -2.35. The van der Waals surface area contributed by atoms with Gasteiger partial charge in [-0.25, -0.2) is 8.42 Å². The van der Waals surface area contributed by atoms with Gasteiger partial charge in [-0.1, -0.05) is 0 Å². The molecule has 98 valence electrons. The lowest BCUT2D eigenvalue weighted by molar-refractivity contribution is 0.599. The van der Waals surface area contributed by atoms with Crippen molar-refractivity contribution in [3.8, 4) is 0 Å². The molecule has 0 aromatic heterocycles. The van der Waals surface area contributed by atoms with Crippen molar-refractivity contribution in [1.82, 2.24) is 0 Å². The van der Waals surface area contributed by atoms with Gasteiger partial charge >= 0.3 is 0 Å². The number of hydrogen-bond donors (Lipinski definition) is 1. The second-order valence-electron chi connectivity index (χ2n) is 4.83. The van der Waals surface area contributed by atoms with E-state index in [4.69, 9.17) is 5.73 Å². The number of anilines is 2. The fraction of sp³-hybridized carbons (Fsp3) is 0.500. The van der Waals surface area contributed by atoms with Crippen LogP contribution in [-0.4, -0.2) is 38.3 Å². The van der Waals surface area contributed by atoms with Crippen LogP contribution in [0.15, 0.2) is 23.1 Å². The van der Waals surface area contributed by atoms with E-state index in [1.165, 1.54) is 4.90 Å². The van der Waals surface area contributed by atoms with E-state index in [9.17, 15) is 8.42 Å². The van der Waals surface area contributed by atoms with E-state index >= 15 is 0 Å². The number of nitrogens with two attached hydrogens (primary N) is 1. The number of nitrogens with zero attached hydrogens (tertiary/aromatic N) is 1. The van der Waals surface area contributed by atoms with Crippen LogP contribution >= 0.6 is 11.8 Å². The van der Waals surface area contributed by atoms with Gasteiger partial charge in [0.25, 0.3) is 0 Å². The molecule has 1 saturated heterocycles. The van der Waals surface area contributed by atoms with Gasteiger partial charge in [0.05, 0.1) is 17.2 Å². The standard InChI is InChI=1S/C12H16N2O2S2/c13-9-1-2-12-11(7-9)14(4-5-17-12)10-3-6-18(15,16)8-10/h1-2,7,10H,3-6,8,13H2. The average molecular weight is 284 g/mol. The highest BCUT2D eigenvalue weighted by Crippen LogP contribution is 2.38. The molecule has 0 amide bonds. The normalized spacial score (nSPS) is 26.0. The molecule has 2 aliphatic heterocycles. The topological polar surface area (TPSA) is 63.4 Å². The zero-order chi connectivity index (χ0) is 12.8. The number of benzene rings is 1. The van der Waals surface area contributed by atoms with E-state index in [0.29, 0.717) is 5.75 Å². The molecular weight excluding hydrogens is 268 g/mol. The first-order valence-corrected chi connectivity index (χ1v) is 8.85. The summed E-state index contributed by atoms with van der Waals surface area (Å²) in [6.45, 7) is 0.904. The van der Waals surface area contributed by atoms with E-state index in [1.54, 1.807) is 0 Å². The van der Waals surface area contributed by atoms with Crippen LogP contribution in [0.4, 0.5) is 11.4 Å². The predicted molar refractivity (Wildman–Crippen MR) is 76.0 cm³/mol. The quantitative estimate of drug-likeness (QED) is 0.789. The van der Waals surface area contributed by atoms with Crippen LogP contribution in [0.25, 0.3) is 0 Å². The molecule has 6 heteroatoms. The van der Waals surface area contributed by atoms with Crippen molar-refractivity contribution in [2.24, 2.45) is 0 Å². The van der Waals surface area contributed by atoms with E-state index in [2.05, 4.69) is 4.90 Å². The fourth-order valence-corrected chi connectivity index (χ4v) is 5.38. The minimum absolute atomic E-state index is 0.122. The van der Waals surface area contributed by atoms with Crippen molar-refractivity contribution in [2.75, 3.05) is 34.4 Å². The molecular formula is C12H16N2O2S2. The maximum Gasteiger partial charge on any atom is 0.152 e. The summed E-state index contributed by atoms with van der Waals surface area (Å²) in [5, 5.41) is 0. The first-order valence-electron chi connectivity index (χ1n) is 6.04. The minimum Gasteiger partial charge on any atom is -0.399 e. The van der Waals surface area contributed by atoms with Gasteiger partial charge in [-0.15, -0.1) is 11.8 Å². The van der Waals surface area contributed by atoms with Crippen LogP contribution in [0.1, 0.15) is 6.42 Å². The van der Waals surface area contributed by atoms with Crippen LogP contribution in [0, 0.1) is 0 Å². The third kappa shape index (κ3) is 2.19. The molecule has 1 aromatic carbocycles. The second-order valence-corrected chi connectivity index (χ2v) is 8.19. The van der Waals surface area contributed by atoms with Crippen molar-refractivity contribution >= 4 is 33.0 Å². The van der Waals surface area contributed by atoms with E-state index in [0.717, 1.165) is 30.1 Å². The summed E-state index contributed by atoms with van der Waals surface area (Å²) in [6, 6.07) is 6.02. The fourth-order valence-electron chi connectivity index (χ4n) is 2.66. The Labute approximate surface area is 111 Å². The summed E-state index contributed by atoms with van der Waals surface area (Å²) in [4.78, 5) is 3.44. The molecule has 2 heterocycles. The first-order chi connectivity index (χ1) is 8.55. The minimum atomic E-state index is -2.84. The summed E-state index contributed by atoms with van der Waals surface area (Å²) in [7, 11) is -2.84. The highest BCUT2D eigenvalue weighted by molar-refractivity contribution is 7.99. The maximum absolute atomic E-state index is 11.6. The average Bonchev–Trinajstić information content (AvgIpc) is 2.69. The molecule has 18 heavy (non-hydrogen) atoms. The number of sulfone groups is 1. The number of fused-ring (bicyclic) bond motifs is 1. The lowest BCUT2D eigenvalue weighted by atomic mass is 10.1. The summed E-state index contributed by atoms with van der Waals surface area (Å²) < 4.78 is 23.2. The first kappa shape index (κ1) is 12.2. The zero-order valence-electron chi connectivity index (χ0n) is 10.0. The third-order valence-corrected chi connectivity index (χ3v) is 6.32. The van der Waals surface area contributed by atoms with Gasteiger partial charge in [-0.3, -0.25) is 0 Å². The van der Waals surface area contributed by atoms with Gasteiger partial charge in [0.1, 0.15) is 0 Å². The van der Waals surface area contributed by atoms with Crippen LogP contribution in [0.3, 0.4) is 0 Å². The molecule has 2 aliphatic rings. The number of nitrogen functional groups attached to an aromatic ring is 1. The Hall–Kier alpha value is -0.880. The Balaban J connectivity index is 1.94. The molecule has 0 saturated carbocycles. The van der Waals surface area contributed by atoms with E-state index in [1.807, 2.05) is 30.0 Å². The number of thioether (sulfide) groups is 1. The van der Waals surface area contributed by atoms with Gasteiger partial charge in [-0.05, 0) is 24.6 Å². The summed E-state index contributed by atoms with van der Waals surface area (Å²) in [6.07, 6.45) is 0.737. The zero-order valence-corrected chi connectivity index (χ0v) is 11.6. The van der Waals surface area contributed by atoms with Crippen molar-refractivity contribution in [3.63, 3.8) is 0 Å². The molecule has 2 N–H and O–H groups in total. The summed E-state index contributed by atoms with van der Waals surface area (Å²) in [5.74, 6) is 1.61. The maximum atomic E-state index is 11.6. The molecule has 4 nitrogen and oxygen atoms in total. The largest absolute Gasteiger partial charge is 0.399 e. The molecule has 0 bridgehead atoms. The molecule has 1 atom stereocenters. The van der Waals surface area contributed by atoms with Gasteiger partial charge in [0, 0.05) is 28.9 Å². The Bertz CT molecular complexity index is 571. The molecule has 0 radical (unpaired) electrons. The smallest absolute Gasteiger partial charge is 0.152 e. The van der Waals surface area contributed by atoms with Crippen molar-refractivity contribution < 1.29 is 8.42 Å². The van der Waals surface area contributed by atoms with Crippen molar-refractivity contribution in [2.45, 2.75) is 17.4 Å². The van der Waals surface area contributed by atoms with Crippen LogP contribution in [0.5, 0.6) is 0 Å². The van der Waals surface area contributed by atoms with Gasteiger partial charge < -0.3 is 10.6 Å². The predicted octanol–water partition coefficient (Wildman–Crippen LogP) is 1.37. The Kier molecular flexibility index (Phi) is 2.94. The lowest BCUT2D eigenvalue weighted by Crippen LogP contribution is -2.39. The highest BCUT2D eigenvalue weighted by atomic mass is 32.2. The second kappa shape index (κ2) is 4.35. The number of rotatable bonds is 1. The molecule has 1 unspecified atom stereocenters. The van der Waals surface area contributed by atoms with Crippen molar-refractivity contribution in [1.29, 1.82) is 0 Å². The Morgan fingerprint density at radius 1 is 1.39 bits per heavy atom. The van der Waals surface area contributed by atoms with Gasteiger partial charge in [-0.2, -0.15) is 0 Å². The Morgan fingerprint density at radius 3 is 2.94 bits per heavy atom.